The Morgan fingerprint density at radius 3 is 2.90 bits per heavy atom. The minimum absolute atomic E-state index is 0.758. The van der Waals surface area contributed by atoms with Gasteiger partial charge in [0.1, 0.15) is 5.82 Å². The summed E-state index contributed by atoms with van der Waals surface area (Å²) in [5.74, 6) is 0.990. The maximum atomic E-state index is 5.13. The second kappa shape index (κ2) is 6.06. The third-order valence-corrected chi connectivity index (χ3v) is 3.68. The first-order valence-electron chi connectivity index (χ1n) is 7.16. The van der Waals surface area contributed by atoms with Crippen molar-refractivity contribution >= 4 is 10.9 Å². The normalized spacial score (nSPS) is 11.1. The average Bonchev–Trinajstić information content (AvgIpc) is 2.97. The number of pyridine rings is 1. The Bertz CT molecular complexity index is 749. The Hall–Kier alpha value is -2.20. The van der Waals surface area contributed by atoms with Crippen molar-refractivity contribution in [2.24, 2.45) is 0 Å². The first-order chi connectivity index (χ1) is 10.3. The number of aromatic nitrogens is 3. The van der Waals surface area contributed by atoms with Gasteiger partial charge in [-0.05, 0) is 25.0 Å². The topological polar surface area (TPSA) is 39.9 Å². The molecular formula is C17H19N3O. The van der Waals surface area contributed by atoms with Gasteiger partial charge in [-0.2, -0.15) is 0 Å². The van der Waals surface area contributed by atoms with Crippen molar-refractivity contribution in [3.63, 3.8) is 0 Å². The van der Waals surface area contributed by atoms with Gasteiger partial charge in [-0.1, -0.05) is 18.2 Å². The molecule has 0 aliphatic carbocycles. The van der Waals surface area contributed by atoms with Gasteiger partial charge in [0, 0.05) is 49.8 Å². The monoisotopic (exact) mass is 281 g/mol. The molecule has 1 aromatic carbocycles. The van der Waals surface area contributed by atoms with E-state index in [-0.39, 0.29) is 0 Å². The first kappa shape index (κ1) is 13.8. The van der Waals surface area contributed by atoms with Crippen LogP contribution in [0.2, 0.25) is 0 Å². The van der Waals surface area contributed by atoms with Gasteiger partial charge >= 0.3 is 0 Å². The Balaban J connectivity index is 2.05. The van der Waals surface area contributed by atoms with E-state index < -0.39 is 0 Å². The lowest BCUT2D eigenvalue weighted by atomic mass is 10.0. The summed E-state index contributed by atoms with van der Waals surface area (Å²) in [6.45, 7) is 3.75. The standard InChI is InChI=1S/C17H19N3O/c1-13-6-7-15(14-5-3-8-18-16(13)14)17-19-9-11-20(17)10-4-12-21-2/h3,5-9,11H,4,10,12H2,1-2H3. The van der Waals surface area contributed by atoms with Crippen LogP contribution in [0, 0.1) is 6.92 Å². The van der Waals surface area contributed by atoms with Gasteiger partial charge in [-0.15, -0.1) is 0 Å². The van der Waals surface area contributed by atoms with E-state index in [0.29, 0.717) is 0 Å². The van der Waals surface area contributed by atoms with Crippen LogP contribution in [0.5, 0.6) is 0 Å². The fraction of sp³-hybridized carbons (Fsp3) is 0.294. The molecule has 0 amide bonds. The van der Waals surface area contributed by atoms with E-state index in [2.05, 4.69) is 39.7 Å². The number of imidazole rings is 1. The summed E-state index contributed by atoms with van der Waals surface area (Å²) >= 11 is 0. The molecule has 108 valence electrons. The molecule has 0 radical (unpaired) electrons. The molecule has 0 aliphatic rings. The summed E-state index contributed by atoms with van der Waals surface area (Å²) in [6.07, 6.45) is 6.68. The Morgan fingerprint density at radius 2 is 2.05 bits per heavy atom. The highest BCUT2D eigenvalue weighted by Gasteiger charge is 2.11. The number of hydrogen-bond donors (Lipinski definition) is 0. The molecule has 0 unspecified atom stereocenters. The highest BCUT2D eigenvalue weighted by molar-refractivity contribution is 5.94. The van der Waals surface area contributed by atoms with Crippen LogP contribution in [0.4, 0.5) is 0 Å². The summed E-state index contributed by atoms with van der Waals surface area (Å²) in [5, 5.41) is 1.15. The third kappa shape index (κ3) is 2.67. The summed E-state index contributed by atoms with van der Waals surface area (Å²) in [5.41, 5.74) is 3.36. The van der Waals surface area contributed by atoms with E-state index >= 15 is 0 Å². The fourth-order valence-electron chi connectivity index (χ4n) is 2.62. The van der Waals surface area contributed by atoms with Crippen LogP contribution in [0.1, 0.15) is 12.0 Å². The molecule has 0 fully saturated rings. The highest BCUT2D eigenvalue weighted by atomic mass is 16.5. The second-order valence-electron chi connectivity index (χ2n) is 5.12. The van der Waals surface area contributed by atoms with Crippen molar-refractivity contribution in [1.82, 2.24) is 14.5 Å². The lowest BCUT2D eigenvalue weighted by molar-refractivity contribution is 0.190. The fourth-order valence-corrected chi connectivity index (χ4v) is 2.62. The van der Waals surface area contributed by atoms with E-state index in [1.165, 1.54) is 5.56 Å². The molecule has 4 nitrogen and oxygen atoms in total. The number of nitrogens with zero attached hydrogens (tertiary/aromatic N) is 3. The zero-order valence-corrected chi connectivity index (χ0v) is 12.4. The average molecular weight is 281 g/mol. The predicted octanol–water partition coefficient (Wildman–Crippen LogP) is 3.44. The van der Waals surface area contributed by atoms with E-state index in [0.717, 1.165) is 41.9 Å². The van der Waals surface area contributed by atoms with Gasteiger partial charge in [-0.3, -0.25) is 4.98 Å². The predicted molar refractivity (Wildman–Crippen MR) is 84.2 cm³/mol. The molecule has 3 rings (SSSR count). The molecule has 2 heterocycles. The van der Waals surface area contributed by atoms with Crippen molar-refractivity contribution in [3.8, 4) is 11.4 Å². The van der Waals surface area contributed by atoms with Gasteiger partial charge in [0.25, 0.3) is 0 Å². The molecular weight excluding hydrogens is 262 g/mol. The molecule has 0 atom stereocenters. The minimum atomic E-state index is 0.758. The number of benzene rings is 1. The second-order valence-corrected chi connectivity index (χ2v) is 5.12. The van der Waals surface area contributed by atoms with Gasteiger partial charge in [0.2, 0.25) is 0 Å². The highest BCUT2D eigenvalue weighted by Crippen LogP contribution is 2.28. The van der Waals surface area contributed by atoms with Gasteiger partial charge in [0.15, 0.2) is 0 Å². The van der Waals surface area contributed by atoms with Crippen LogP contribution in [0.15, 0.2) is 42.9 Å². The molecule has 0 aliphatic heterocycles. The number of fused-ring (bicyclic) bond motifs is 1. The van der Waals surface area contributed by atoms with Crippen LogP contribution in [0.25, 0.3) is 22.3 Å². The van der Waals surface area contributed by atoms with E-state index in [9.17, 15) is 0 Å². The van der Waals surface area contributed by atoms with Crippen LogP contribution in [-0.4, -0.2) is 28.3 Å². The number of ether oxygens (including phenoxy) is 1. The largest absolute Gasteiger partial charge is 0.385 e. The maximum absolute atomic E-state index is 5.13. The summed E-state index contributed by atoms with van der Waals surface area (Å²) in [7, 11) is 1.73. The van der Waals surface area contributed by atoms with Crippen molar-refractivity contribution in [3.05, 3.63) is 48.4 Å². The summed E-state index contributed by atoms with van der Waals surface area (Å²) in [4.78, 5) is 9.04. The van der Waals surface area contributed by atoms with E-state index in [4.69, 9.17) is 4.74 Å². The quantitative estimate of drug-likeness (QED) is 0.673. The van der Waals surface area contributed by atoms with Crippen molar-refractivity contribution in [1.29, 1.82) is 0 Å². The Labute approximate surface area is 124 Å². The number of rotatable bonds is 5. The SMILES string of the molecule is COCCCn1ccnc1-c1ccc(C)c2ncccc12. The molecule has 0 saturated heterocycles. The lowest BCUT2D eigenvalue weighted by Crippen LogP contribution is -2.03. The van der Waals surface area contributed by atoms with Gasteiger partial charge < -0.3 is 9.30 Å². The molecule has 2 aromatic heterocycles. The molecule has 0 spiro atoms. The molecule has 4 heteroatoms. The number of methoxy groups -OCH3 is 1. The molecule has 21 heavy (non-hydrogen) atoms. The van der Waals surface area contributed by atoms with Gasteiger partial charge in [-0.25, -0.2) is 4.98 Å². The summed E-state index contributed by atoms with van der Waals surface area (Å²) < 4.78 is 7.30. The Kier molecular flexibility index (Phi) is 3.97. The molecule has 0 saturated carbocycles. The minimum Gasteiger partial charge on any atom is -0.385 e. The van der Waals surface area contributed by atoms with Gasteiger partial charge in [0.05, 0.1) is 5.52 Å². The van der Waals surface area contributed by atoms with E-state index in [1.807, 2.05) is 24.7 Å². The molecule has 0 bridgehead atoms. The number of aryl methyl sites for hydroxylation is 2. The lowest BCUT2D eigenvalue weighted by Gasteiger charge is -2.11. The maximum Gasteiger partial charge on any atom is 0.140 e. The molecule has 3 aromatic rings. The molecule has 0 N–H and O–H groups in total. The van der Waals surface area contributed by atoms with Crippen molar-refractivity contribution in [2.45, 2.75) is 19.9 Å². The van der Waals surface area contributed by atoms with Crippen molar-refractivity contribution < 1.29 is 4.74 Å². The Morgan fingerprint density at radius 1 is 1.14 bits per heavy atom. The summed E-state index contributed by atoms with van der Waals surface area (Å²) in [6, 6.07) is 8.33. The zero-order valence-electron chi connectivity index (χ0n) is 12.4. The zero-order chi connectivity index (χ0) is 14.7. The van der Waals surface area contributed by atoms with Crippen LogP contribution in [0.3, 0.4) is 0 Å². The third-order valence-electron chi connectivity index (χ3n) is 3.68. The smallest absolute Gasteiger partial charge is 0.140 e. The van der Waals surface area contributed by atoms with Crippen LogP contribution in [-0.2, 0) is 11.3 Å². The number of hydrogen-bond acceptors (Lipinski definition) is 3. The van der Waals surface area contributed by atoms with Crippen LogP contribution < -0.4 is 0 Å². The first-order valence-corrected chi connectivity index (χ1v) is 7.16. The van der Waals surface area contributed by atoms with Crippen molar-refractivity contribution in [2.75, 3.05) is 13.7 Å². The van der Waals surface area contributed by atoms with Crippen LogP contribution >= 0.6 is 0 Å². The van der Waals surface area contributed by atoms with E-state index in [1.54, 1.807) is 7.11 Å².